The fourth-order valence-electron chi connectivity index (χ4n) is 2.63. The van der Waals surface area contributed by atoms with Crippen molar-refractivity contribution in [3.05, 3.63) is 65.5 Å². The van der Waals surface area contributed by atoms with Gasteiger partial charge in [-0.15, -0.1) is 11.3 Å². The third-order valence-electron chi connectivity index (χ3n) is 4.09. The molecule has 1 amide bonds. The molecule has 0 saturated heterocycles. The molecule has 0 spiro atoms. The van der Waals surface area contributed by atoms with Crippen LogP contribution in [0.4, 0.5) is 10.8 Å². The summed E-state index contributed by atoms with van der Waals surface area (Å²) in [7, 11) is 0. The van der Waals surface area contributed by atoms with E-state index < -0.39 is 0 Å². The van der Waals surface area contributed by atoms with Crippen LogP contribution in [0, 0.1) is 0 Å². The summed E-state index contributed by atoms with van der Waals surface area (Å²) in [6.45, 7) is 2.72. The van der Waals surface area contributed by atoms with Crippen LogP contribution in [0.15, 0.2) is 60.0 Å². The van der Waals surface area contributed by atoms with Crippen molar-refractivity contribution in [1.82, 2.24) is 10.3 Å². The fraction of sp³-hybridized carbons (Fsp3) is 0.200. The van der Waals surface area contributed by atoms with Gasteiger partial charge < -0.3 is 16.4 Å². The van der Waals surface area contributed by atoms with Crippen LogP contribution in [0.25, 0.3) is 11.3 Å². The fourth-order valence-corrected chi connectivity index (χ4v) is 3.20. The molecule has 0 aliphatic heterocycles. The number of anilines is 2. The number of hydrogen-bond acceptors (Lipinski definition) is 5. The first-order valence-corrected chi connectivity index (χ1v) is 9.39. The number of carbonyl (C=O) groups is 1. The zero-order valence-corrected chi connectivity index (χ0v) is 15.4. The van der Waals surface area contributed by atoms with E-state index in [0.717, 1.165) is 16.9 Å². The van der Waals surface area contributed by atoms with Gasteiger partial charge in [-0.2, -0.15) is 0 Å². The lowest BCUT2D eigenvalue weighted by atomic mass is 10.1. The molecule has 1 heterocycles. The number of carbonyl (C=O) groups excluding carboxylic acids is 1. The molecule has 0 saturated carbocycles. The van der Waals surface area contributed by atoms with Gasteiger partial charge in [0, 0.05) is 35.6 Å². The van der Waals surface area contributed by atoms with Crippen LogP contribution < -0.4 is 16.4 Å². The third-order valence-corrected chi connectivity index (χ3v) is 4.76. The molecule has 5 nitrogen and oxygen atoms in total. The number of rotatable bonds is 7. The predicted molar refractivity (Wildman–Crippen MR) is 108 cm³/mol. The lowest BCUT2D eigenvalue weighted by molar-refractivity contribution is -0.116. The van der Waals surface area contributed by atoms with E-state index in [1.54, 1.807) is 0 Å². The SMILES string of the molecule is C[C@@H](NCCC(=O)Nc1ccc(-c2csc(N)n2)cc1)c1ccccc1. The minimum absolute atomic E-state index is 0.0107. The maximum atomic E-state index is 12.1. The van der Waals surface area contributed by atoms with E-state index in [-0.39, 0.29) is 11.9 Å². The average molecular weight is 366 g/mol. The van der Waals surface area contributed by atoms with Crippen LogP contribution in [0.1, 0.15) is 24.9 Å². The monoisotopic (exact) mass is 366 g/mol. The van der Waals surface area contributed by atoms with Crippen molar-refractivity contribution in [2.24, 2.45) is 0 Å². The molecule has 6 heteroatoms. The summed E-state index contributed by atoms with van der Waals surface area (Å²) in [5, 5.41) is 8.76. The number of nitrogens with zero attached hydrogens (tertiary/aromatic N) is 1. The molecule has 1 aromatic heterocycles. The highest BCUT2D eigenvalue weighted by molar-refractivity contribution is 7.13. The number of thiazole rings is 1. The number of benzene rings is 2. The highest BCUT2D eigenvalue weighted by Crippen LogP contribution is 2.24. The lowest BCUT2D eigenvalue weighted by Gasteiger charge is -2.14. The van der Waals surface area contributed by atoms with Crippen LogP contribution in [0.5, 0.6) is 0 Å². The summed E-state index contributed by atoms with van der Waals surface area (Å²) in [4.78, 5) is 16.4. The zero-order chi connectivity index (χ0) is 18.4. The van der Waals surface area contributed by atoms with Crippen LogP contribution in [-0.2, 0) is 4.79 Å². The van der Waals surface area contributed by atoms with Gasteiger partial charge in [0.1, 0.15) is 0 Å². The number of amides is 1. The zero-order valence-electron chi connectivity index (χ0n) is 14.6. The second-order valence-corrected chi connectivity index (χ2v) is 6.92. The Morgan fingerprint density at radius 2 is 1.88 bits per heavy atom. The van der Waals surface area contributed by atoms with Gasteiger partial charge in [0.25, 0.3) is 0 Å². The minimum Gasteiger partial charge on any atom is -0.375 e. The Hall–Kier alpha value is -2.70. The van der Waals surface area contributed by atoms with Crippen molar-refractivity contribution in [2.75, 3.05) is 17.6 Å². The predicted octanol–water partition coefficient (Wildman–Crippen LogP) is 4.07. The molecule has 134 valence electrons. The van der Waals surface area contributed by atoms with Crippen molar-refractivity contribution in [2.45, 2.75) is 19.4 Å². The number of hydrogen-bond donors (Lipinski definition) is 3. The second-order valence-electron chi connectivity index (χ2n) is 6.03. The molecule has 0 bridgehead atoms. The molecule has 0 aliphatic carbocycles. The van der Waals surface area contributed by atoms with Crippen molar-refractivity contribution in [3.8, 4) is 11.3 Å². The van der Waals surface area contributed by atoms with E-state index in [0.29, 0.717) is 18.1 Å². The van der Waals surface area contributed by atoms with Crippen molar-refractivity contribution < 1.29 is 4.79 Å². The first kappa shape index (κ1) is 18.1. The number of aromatic nitrogens is 1. The van der Waals surface area contributed by atoms with Crippen molar-refractivity contribution in [3.63, 3.8) is 0 Å². The summed E-state index contributed by atoms with van der Waals surface area (Å²) in [6, 6.07) is 18.0. The smallest absolute Gasteiger partial charge is 0.225 e. The van der Waals surface area contributed by atoms with Crippen LogP contribution in [0.3, 0.4) is 0 Å². The molecule has 3 rings (SSSR count). The maximum Gasteiger partial charge on any atom is 0.225 e. The third kappa shape index (κ3) is 4.91. The van der Waals surface area contributed by atoms with Crippen molar-refractivity contribution >= 4 is 28.1 Å². The van der Waals surface area contributed by atoms with Gasteiger partial charge in [-0.1, -0.05) is 42.5 Å². The van der Waals surface area contributed by atoms with Gasteiger partial charge in [0.2, 0.25) is 5.91 Å². The molecule has 4 N–H and O–H groups in total. The number of nitrogens with two attached hydrogens (primary N) is 1. The number of nitrogen functional groups attached to an aromatic ring is 1. The molecule has 0 radical (unpaired) electrons. The molecule has 26 heavy (non-hydrogen) atoms. The average Bonchev–Trinajstić information content (AvgIpc) is 3.09. The van der Waals surface area contributed by atoms with Gasteiger partial charge in [-0.05, 0) is 24.6 Å². The quantitative estimate of drug-likeness (QED) is 0.589. The minimum atomic E-state index is -0.0107. The summed E-state index contributed by atoms with van der Waals surface area (Å²) in [5.41, 5.74) is 9.48. The molecule has 1 atom stereocenters. The summed E-state index contributed by atoms with van der Waals surface area (Å²) in [6.07, 6.45) is 0.418. The Morgan fingerprint density at radius 3 is 2.54 bits per heavy atom. The Bertz CT molecular complexity index is 846. The van der Waals surface area contributed by atoms with Gasteiger partial charge in [-0.25, -0.2) is 4.98 Å². The lowest BCUT2D eigenvalue weighted by Crippen LogP contribution is -2.24. The Morgan fingerprint density at radius 1 is 1.15 bits per heavy atom. The van der Waals surface area contributed by atoms with E-state index in [4.69, 9.17) is 5.73 Å². The largest absolute Gasteiger partial charge is 0.375 e. The van der Waals surface area contributed by atoms with Gasteiger partial charge in [0.15, 0.2) is 5.13 Å². The van der Waals surface area contributed by atoms with E-state index in [1.807, 2.05) is 47.8 Å². The normalized spacial score (nSPS) is 11.9. The van der Waals surface area contributed by atoms with Gasteiger partial charge in [-0.3, -0.25) is 4.79 Å². The van der Waals surface area contributed by atoms with E-state index in [2.05, 4.69) is 34.7 Å². The van der Waals surface area contributed by atoms with E-state index in [9.17, 15) is 4.79 Å². The molecule has 0 unspecified atom stereocenters. The molecular formula is C20H22N4OS. The Kier molecular flexibility index (Phi) is 5.99. The van der Waals surface area contributed by atoms with E-state index >= 15 is 0 Å². The van der Waals surface area contributed by atoms with Gasteiger partial charge >= 0.3 is 0 Å². The maximum absolute atomic E-state index is 12.1. The molecule has 0 fully saturated rings. The summed E-state index contributed by atoms with van der Waals surface area (Å²) < 4.78 is 0. The van der Waals surface area contributed by atoms with E-state index in [1.165, 1.54) is 16.9 Å². The standard InChI is InChI=1S/C20H22N4OS/c1-14(15-5-3-2-4-6-15)22-12-11-19(25)23-17-9-7-16(8-10-17)18-13-26-20(21)24-18/h2-10,13-14,22H,11-12H2,1H3,(H2,21,24)(H,23,25)/t14-/m1/s1. The van der Waals surface area contributed by atoms with Crippen LogP contribution in [0.2, 0.25) is 0 Å². The molecular weight excluding hydrogens is 344 g/mol. The molecule has 3 aromatic rings. The highest BCUT2D eigenvalue weighted by Gasteiger charge is 2.07. The van der Waals surface area contributed by atoms with Crippen LogP contribution in [-0.4, -0.2) is 17.4 Å². The first-order valence-electron chi connectivity index (χ1n) is 8.51. The van der Waals surface area contributed by atoms with Crippen molar-refractivity contribution in [1.29, 1.82) is 0 Å². The topological polar surface area (TPSA) is 80.0 Å². The summed E-state index contributed by atoms with van der Waals surface area (Å²) >= 11 is 1.41. The Balaban J connectivity index is 1.46. The van der Waals surface area contributed by atoms with Crippen LogP contribution >= 0.6 is 11.3 Å². The summed E-state index contributed by atoms with van der Waals surface area (Å²) in [5.74, 6) is -0.0107. The first-order chi connectivity index (χ1) is 12.6. The number of nitrogens with one attached hydrogen (secondary N) is 2. The molecule has 0 aliphatic rings. The molecule has 2 aromatic carbocycles. The Labute approximate surface area is 157 Å². The second kappa shape index (κ2) is 8.60. The van der Waals surface area contributed by atoms with Gasteiger partial charge in [0.05, 0.1) is 5.69 Å². The highest BCUT2D eigenvalue weighted by atomic mass is 32.1.